The highest BCUT2D eigenvalue weighted by atomic mass is 19.1. The molecular weight excluding hydrogens is 462 g/mol. The topological polar surface area (TPSA) is 115 Å². The maximum Gasteiger partial charge on any atom is 0.227 e. The molecule has 0 spiro atoms. The van der Waals surface area contributed by atoms with Gasteiger partial charge in [-0.3, -0.25) is 9.48 Å². The molecule has 1 aliphatic rings. The van der Waals surface area contributed by atoms with E-state index in [-0.39, 0.29) is 41.1 Å². The second kappa shape index (κ2) is 10.6. The molecular formula is C23H26F2N6O4. The van der Waals surface area contributed by atoms with Crippen molar-refractivity contribution in [3.63, 3.8) is 0 Å². The second-order valence-electron chi connectivity index (χ2n) is 8.21. The second-order valence-corrected chi connectivity index (χ2v) is 8.21. The van der Waals surface area contributed by atoms with Crippen LogP contribution in [0, 0.1) is 18.6 Å². The summed E-state index contributed by atoms with van der Waals surface area (Å²) in [7, 11) is 1.31. The Bertz CT molecular complexity index is 1180. The van der Waals surface area contributed by atoms with Crippen LogP contribution in [-0.4, -0.2) is 62.0 Å². The number of anilines is 2. The van der Waals surface area contributed by atoms with Crippen LogP contribution in [0.15, 0.2) is 30.9 Å². The number of hydrogen-bond acceptors (Lipinski definition) is 8. The Morgan fingerprint density at radius 2 is 1.97 bits per heavy atom. The zero-order chi connectivity index (χ0) is 24.9. The molecule has 0 bridgehead atoms. The molecule has 3 aromatic rings. The minimum absolute atomic E-state index is 0.0310. The van der Waals surface area contributed by atoms with E-state index >= 15 is 0 Å². The van der Waals surface area contributed by atoms with Crippen molar-refractivity contribution in [3.8, 4) is 11.5 Å². The SMILES string of the molecule is COc1cc(C)c(F)c(COc2cnc(Nc3cnn(CCCC(=O)N4CC(O)C4)c3)nc2)c1F. The third kappa shape index (κ3) is 5.83. The summed E-state index contributed by atoms with van der Waals surface area (Å²) in [6, 6.07) is 1.29. The van der Waals surface area contributed by atoms with Crippen LogP contribution in [0.2, 0.25) is 0 Å². The van der Waals surface area contributed by atoms with Crippen molar-refractivity contribution >= 4 is 17.5 Å². The number of ether oxygens (including phenoxy) is 2. The van der Waals surface area contributed by atoms with Gasteiger partial charge in [-0.1, -0.05) is 0 Å². The van der Waals surface area contributed by atoms with Gasteiger partial charge in [0.1, 0.15) is 12.4 Å². The van der Waals surface area contributed by atoms with E-state index in [0.29, 0.717) is 38.2 Å². The van der Waals surface area contributed by atoms with Gasteiger partial charge in [-0.15, -0.1) is 0 Å². The van der Waals surface area contributed by atoms with Crippen molar-refractivity contribution in [2.75, 3.05) is 25.5 Å². The van der Waals surface area contributed by atoms with Gasteiger partial charge < -0.3 is 24.8 Å². The van der Waals surface area contributed by atoms with E-state index < -0.39 is 17.7 Å². The summed E-state index contributed by atoms with van der Waals surface area (Å²) in [6.45, 7) is 2.55. The first-order valence-electron chi connectivity index (χ1n) is 11.1. The summed E-state index contributed by atoms with van der Waals surface area (Å²) in [5.41, 5.74) is 0.674. The molecule has 3 heterocycles. The van der Waals surface area contributed by atoms with Gasteiger partial charge in [0.15, 0.2) is 17.3 Å². The van der Waals surface area contributed by atoms with Crippen molar-refractivity contribution in [2.45, 2.75) is 39.0 Å². The molecule has 12 heteroatoms. The van der Waals surface area contributed by atoms with Crippen molar-refractivity contribution in [1.82, 2.24) is 24.6 Å². The molecule has 0 unspecified atom stereocenters. The lowest BCUT2D eigenvalue weighted by Gasteiger charge is -2.35. The third-order valence-electron chi connectivity index (χ3n) is 5.55. The lowest BCUT2D eigenvalue weighted by molar-refractivity contribution is -0.141. The van der Waals surface area contributed by atoms with E-state index in [2.05, 4.69) is 20.4 Å². The number of aromatic nitrogens is 4. The van der Waals surface area contributed by atoms with Crippen molar-refractivity contribution in [1.29, 1.82) is 0 Å². The molecule has 2 aromatic heterocycles. The van der Waals surface area contributed by atoms with Crippen molar-refractivity contribution in [3.05, 3.63) is 53.6 Å². The number of aliphatic hydroxyl groups is 1. The zero-order valence-electron chi connectivity index (χ0n) is 19.4. The average molecular weight is 488 g/mol. The number of aryl methyl sites for hydroxylation is 2. The number of nitrogens with zero attached hydrogens (tertiary/aromatic N) is 5. The molecule has 4 rings (SSSR count). The Kier molecular flexibility index (Phi) is 7.39. The summed E-state index contributed by atoms with van der Waals surface area (Å²) >= 11 is 0. The molecule has 1 saturated heterocycles. The normalized spacial score (nSPS) is 13.5. The quantitative estimate of drug-likeness (QED) is 0.448. The van der Waals surface area contributed by atoms with E-state index in [1.165, 1.54) is 32.5 Å². The predicted octanol–water partition coefficient (Wildman–Crippen LogP) is 2.57. The third-order valence-corrected chi connectivity index (χ3v) is 5.55. The first-order chi connectivity index (χ1) is 16.8. The van der Waals surface area contributed by atoms with Crippen LogP contribution in [0.3, 0.4) is 0 Å². The number of carbonyl (C=O) groups is 1. The Balaban J connectivity index is 1.27. The molecule has 1 aliphatic heterocycles. The molecule has 10 nitrogen and oxygen atoms in total. The molecule has 1 aromatic carbocycles. The number of benzene rings is 1. The van der Waals surface area contributed by atoms with Crippen molar-refractivity contribution in [2.24, 2.45) is 0 Å². The van der Waals surface area contributed by atoms with Gasteiger partial charge in [0.25, 0.3) is 0 Å². The number of likely N-dealkylation sites (tertiary alicyclic amines) is 1. The van der Waals surface area contributed by atoms with Gasteiger partial charge in [0.2, 0.25) is 11.9 Å². The fourth-order valence-corrected chi connectivity index (χ4v) is 3.58. The van der Waals surface area contributed by atoms with Crippen LogP contribution >= 0.6 is 0 Å². The van der Waals surface area contributed by atoms with E-state index in [4.69, 9.17) is 9.47 Å². The minimum atomic E-state index is -0.810. The van der Waals surface area contributed by atoms with Gasteiger partial charge >= 0.3 is 0 Å². The van der Waals surface area contributed by atoms with Crippen LogP contribution in [0.1, 0.15) is 24.0 Å². The van der Waals surface area contributed by atoms with E-state index in [9.17, 15) is 18.7 Å². The Morgan fingerprint density at radius 3 is 2.66 bits per heavy atom. The molecule has 1 fully saturated rings. The Hall–Kier alpha value is -3.80. The molecule has 35 heavy (non-hydrogen) atoms. The number of β-amino-alcohol motifs (C(OH)–C–C–N with tert-alkyl or cyclic N) is 1. The minimum Gasteiger partial charge on any atom is -0.494 e. The van der Waals surface area contributed by atoms with Crippen LogP contribution in [0.4, 0.5) is 20.4 Å². The van der Waals surface area contributed by atoms with E-state index in [0.717, 1.165) is 0 Å². The molecule has 0 radical (unpaired) electrons. The lowest BCUT2D eigenvalue weighted by atomic mass is 10.1. The number of methoxy groups -OCH3 is 1. The Morgan fingerprint density at radius 1 is 1.23 bits per heavy atom. The molecule has 0 aliphatic carbocycles. The molecule has 0 saturated carbocycles. The van der Waals surface area contributed by atoms with Gasteiger partial charge in [-0.25, -0.2) is 18.7 Å². The first kappa shape index (κ1) is 24.3. The summed E-state index contributed by atoms with van der Waals surface area (Å²) in [4.78, 5) is 21.9. The number of carbonyl (C=O) groups excluding carboxylic acids is 1. The standard InChI is InChI=1S/C23H26F2N6O4/c1-14-6-19(34-2)22(25)18(21(14)24)13-35-17-8-26-23(27-9-17)29-15-7-28-31(10-15)5-3-4-20(33)30-11-16(32)12-30/h6-10,16,32H,3-5,11-13H2,1-2H3,(H,26,27,29). The fourth-order valence-electron chi connectivity index (χ4n) is 3.58. The number of rotatable bonds is 10. The summed E-state index contributed by atoms with van der Waals surface area (Å²) < 4.78 is 40.8. The van der Waals surface area contributed by atoms with Crippen LogP contribution in [-0.2, 0) is 17.9 Å². The molecule has 186 valence electrons. The fraction of sp³-hybridized carbons (Fsp3) is 0.391. The van der Waals surface area contributed by atoms with Crippen molar-refractivity contribution < 1.29 is 28.2 Å². The average Bonchev–Trinajstić information content (AvgIpc) is 3.27. The number of nitrogens with one attached hydrogen (secondary N) is 1. The zero-order valence-corrected chi connectivity index (χ0v) is 19.4. The molecule has 2 N–H and O–H groups in total. The van der Waals surface area contributed by atoms with Crippen LogP contribution in [0.5, 0.6) is 11.5 Å². The van der Waals surface area contributed by atoms with Gasteiger partial charge in [-0.05, 0) is 25.0 Å². The van der Waals surface area contributed by atoms with E-state index in [1.807, 2.05) is 0 Å². The van der Waals surface area contributed by atoms with Gasteiger partial charge in [0.05, 0.1) is 43.1 Å². The predicted molar refractivity (Wildman–Crippen MR) is 121 cm³/mol. The number of amides is 1. The van der Waals surface area contributed by atoms with Crippen LogP contribution in [0.25, 0.3) is 0 Å². The molecule has 1 amide bonds. The number of aliphatic hydroxyl groups excluding tert-OH is 1. The highest BCUT2D eigenvalue weighted by Gasteiger charge is 2.28. The first-order valence-corrected chi connectivity index (χ1v) is 11.1. The smallest absolute Gasteiger partial charge is 0.227 e. The van der Waals surface area contributed by atoms with Gasteiger partial charge in [-0.2, -0.15) is 5.10 Å². The van der Waals surface area contributed by atoms with Gasteiger partial charge in [0, 0.05) is 32.3 Å². The number of hydrogen-bond donors (Lipinski definition) is 2. The lowest BCUT2D eigenvalue weighted by Crippen LogP contribution is -2.53. The highest BCUT2D eigenvalue weighted by Crippen LogP contribution is 2.27. The maximum atomic E-state index is 14.4. The highest BCUT2D eigenvalue weighted by molar-refractivity contribution is 5.77. The van der Waals surface area contributed by atoms with E-state index in [1.54, 1.807) is 22.0 Å². The number of halogens is 2. The Labute approximate surface area is 200 Å². The summed E-state index contributed by atoms with van der Waals surface area (Å²) in [5, 5.41) is 16.5. The summed E-state index contributed by atoms with van der Waals surface area (Å²) in [5.74, 6) is -0.994. The van der Waals surface area contributed by atoms with Crippen LogP contribution < -0.4 is 14.8 Å². The maximum absolute atomic E-state index is 14.4. The summed E-state index contributed by atoms with van der Waals surface area (Å²) in [6.07, 6.45) is 6.78. The monoisotopic (exact) mass is 488 g/mol. The largest absolute Gasteiger partial charge is 0.494 e. The molecule has 0 atom stereocenters.